The molecular formula is C26H24ClN3O2S. The van der Waals surface area contributed by atoms with Crippen LogP contribution in [0.4, 0.5) is 11.4 Å². The molecule has 3 atom stereocenters. The van der Waals surface area contributed by atoms with Crippen molar-refractivity contribution in [2.24, 2.45) is 5.92 Å². The number of carbonyl (C=O) groups excluding carboxylic acids is 1. The number of halogens is 1. The zero-order valence-corrected chi connectivity index (χ0v) is 20.1. The molecule has 5 rings (SSSR count). The maximum Gasteiger partial charge on any atom is 0.236 e. The fourth-order valence-corrected chi connectivity index (χ4v) is 5.28. The normalized spacial score (nSPS) is 23.3. The summed E-state index contributed by atoms with van der Waals surface area (Å²) in [5.41, 5.74) is 3.65. The van der Waals surface area contributed by atoms with E-state index >= 15 is 0 Å². The third-order valence-corrected chi connectivity index (χ3v) is 6.89. The van der Waals surface area contributed by atoms with Gasteiger partial charge in [0, 0.05) is 22.0 Å². The van der Waals surface area contributed by atoms with Gasteiger partial charge in [-0.25, -0.2) is 0 Å². The number of ether oxygens (including phenoxy) is 1. The van der Waals surface area contributed by atoms with Crippen LogP contribution in [0.1, 0.15) is 29.7 Å². The molecule has 1 fully saturated rings. The molecule has 0 unspecified atom stereocenters. The van der Waals surface area contributed by atoms with Crippen molar-refractivity contribution < 1.29 is 9.53 Å². The van der Waals surface area contributed by atoms with Crippen molar-refractivity contribution in [3.63, 3.8) is 0 Å². The van der Waals surface area contributed by atoms with Crippen molar-refractivity contribution in [2.45, 2.75) is 32.5 Å². The van der Waals surface area contributed by atoms with Gasteiger partial charge in [-0.1, -0.05) is 47.0 Å². The molecule has 7 heteroatoms. The highest BCUT2D eigenvalue weighted by Crippen LogP contribution is 2.50. The predicted molar refractivity (Wildman–Crippen MR) is 136 cm³/mol. The molecule has 1 amide bonds. The van der Waals surface area contributed by atoms with E-state index in [1.54, 1.807) is 24.3 Å². The van der Waals surface area contributed by atoms with E-state index in [-0.39, 0.29) is 11.9 Å². The van der Waals surface area contributed by atoms with Crippen LogP contribution in [-0.4, -0.2) is 16.7 Å². The molecule has 33 heavy (non-hydrogen) atoms. The Hall–Kier alpha value is -3.09. The van der Waals surface area contributed by atoms with Crippen LogP contribution in [0, 0.1) is 19.8 Å². The molecule has 3 aromatic carbocycles. The first-order chi connectivity index (χ1) is 15.8. The Labute approximate surface area is 203 Å². The highest BCUT2D eigenvalue weighted by atomic mass is 35.5. The number of amides is 1. The van der Waals surface area contributed by atoms with Crippen molar-refractivity contribution in [1.29, 1.82) is 0 Å². The van der Waals surface area contributed by atoms with Crippen LogP contribution in [0.25, 0.3) is 0 Å². The molecule has 0 saturated carbocycles. The largest absolute Gasteiger partial charge is 0.467 e. The Balaban J connectivity index is 1.62. The third-order valence-electron chi connectivity index (χ3n) is 6.34. The second-order valence-corrected chi connectivity index (χ2v) is 9.59. The van der Waals surface area contributed by atoms with Gasteiger partial charge in [0.1, 0.15) is 11.7 Å². The monoisotopic (exact) mass is 477 g/mol. The van der Waals surface area contributed by atoms with Gasteiger partial charge in [0.2, 0.25) is 5.91 Å². The fourth-order valence-electron chi connectivity index (χ4n) is 4.74. The topological polar surface area (TPSA) is 53.6 Å². The van der Waals surface area contributed by atoms with Gasteiger partial charge in [0.15, 0.2) is 10.8 Å². The molecule has 0 aliphatic carbocycles. The summed E-state index contributed by atoms with van der Waals surface area (Å²) in [6, 6.07) is 20.8. The van der Waals surface area contributed by atoms with E-state index in [0.29, 0.717) is 15.8 Å². The summed E-state index contributed by atoms with van der Waals surface area (Å²) in [6.45, 7) is 5.99. The summed E-state index contributed by atoms with van der Waals surface area (Å²) in [6.07, 6.45) is 0. The predicted octanol–water partition coefficient (Wildman–Crippen LogP) is 5.76. The summed E-state index contributed by atoms with van der Waals surface area (Å²) in [5.74, 6) is -0.00433. The second kappa shape index (κ2) is 8.04. The molecule has 0 aromatic heterocycles. The number of hydrogen-bond acceptors (Lipinski definition) is 3. The van der Waals surface area contributed by atoms with E-state index in [1.165, 1.54) is 0 Å². The third kappa shape index (κ3) is 3.73. The Morgan fingerprint density at radius 2 is 1.73 bits per heavy atom. The number of rotatable bonds is 3. The number of nitrogens with one attached hydrogen (secondary N) is 2. The Kier molecular flexibility index (Phi) is 5.30. The number of benzene rings is 3. The van der Waals surface area contributed by atoms with Gasteiger partial charge in [0.25, 0.3) is 0 Å². The van der Waals surface area contributed by atoms with E-state index in [2.05, 4.69) is 16.7 Å². The lowest BCUT2D eigenvalue weighted by Gasteiger charge is -2.56. The summed E-state index contributed by atoms with van der Waals surface area (Å²) in [7, 11) is 0. The van der Waals surface area contributed by atoms with Crippen LogP contribution in [-0.2, 0) is 4.79 Å². The number of nitrogens with zero attached hydrogens (tertiary/aromatic N) is 1. The van der Waals surface area contributed by atoms with Crippen LogP contribution in [0.3, 0.4) is 0 Å². The first-order valence-corrected chi connectivity index (χ1v) is 11.6. The Bertz CT molecular complexity index is 1250. The zero-order chi connectivity index (χ0) is 23.3. The second-order valence-electron chi connectivity index (χ2n) is 8.77. The summed E-state index contributed by atoms with van der Waals surface area (Å²) in [4.78, 5) is 15.7. The van der Waals surface area contributed by atoms with Gasteiger partial charge < -0.3 is 15.4 Å². The molecule has 168 valence electrons. The van der Waals surface area contributed by atoms with Gasteiger partial charge in [-0.3, -0.25) is 9.69 Å². The minimum absolute atomic E-state index is 0.163. The van der Waals surface area contributed by atoms with Crippen LogP contribution in [0.5, 0.6) is 5.75 Å². The molecular weight excluding hydrogens is 454 g/mol. The maximum atomic E-state index is 13.8. The lowest BCUT2D eigenvalue weighted by Crippen LogP contribution is -2.72. The van der Waals surface area contributed by atoms with Crippen molar-refractivity contribution in [3.05, 3.63) is 88.4 Å². The van der Waals surface area contributed by atoms with Crippen molar-refractivity contribution in [3.8, 4) is 5.75 Å². The Morgan fingerprint density at radius 1 is 1.06 bits per heavy atom. The van der Waals surface area contributed by atoms with Gasteiger partial charge >= 0.3 is 0 Å². The van der Waals surface area contributed by atoms with Crippen molar-refractivity contribution in [2.75, 3.05) is 10.2 Å². The fraction of sp³-hybridized carbons (Fsp3) is 0.231. The first-order valence-electron chi connectivity index (χ1n) is 10.8. The van der Waals surface area contributed by atoms with E-state index in [4.69, 9.17) is 28.6 Å². The molecule has 2 aliphatic heterocycles. The van der Waals surface area contributed by atoms with E-state index in [1.807, 2.05) is 62.1 Å². The van der Waals surface area contributed by atoms with Crippen LogP contribution in [0.15, 0.2) is 66.7 Å². The lowest BCUT2D eigenvalue weighted by atomic mass is 9.78. The van der Waals surface area contributed by atoms with E-state index in [0.717, 1.165) is 28.1 Å². The molecule has 2 bridgehead atoms. The van der Waals surface area contributed by atoms with Crippen molar-refractivity contribution >= 4 is 46.2 Å². The van der Waals surface area contributed by atoms with Gasteiger partial charge in [0.05, 0.1) is 6.04 Å². The van der Waals surface area contributed by atoms with E-state index in [9.17, 15) is 4.79 Å². The molecule has 2 aliphatic rings. The van der Waals surface area contributed by atoms with Crippen molar-refractivity contribution in [1.82, 2.24) is 5.32 Å². The number of hydrogen-bond donors (Lipinski definition) is 2. The average molecular weight is 478 g/mol. The number of carbonyl (C=O) groups is 1. The summed E-state index contributed by atoms with van der Waals surface area (Å²) in [5, 5.41) is 7.62. The highest BCUT2D eigenvalue weighted by molar-refractivity contribution is 7.80. The maximum absolute atomic E-state index is 13.8. The summed E-state index contributed by atoms with van der Waals surface area (Å²) >= 11 is 11.8. The van der Waals surface area contributed by atoms with Crippen LogP contribution in [0.2, 0.25) is 5.02 Å². The minimum Gasteiger partial charge on any atom is -0.467 e. The molecule has 0 radical (unpaired) electrons. The van der Waals surface area contributed by atoms with E-state index < -0.39 is 11.6 Å². The van der Waals surface area contributed by atoms with Gasteiger partial charge in [-0.15, -0.1) is 0 Å². The lowest BCUT2D eigenvalue weighted by molar-refractivity contribution is -0.130. The number of fused-ring (bicyclic) bond motifs is 4. The smallest absolute Gasteiger partial charge is 0.236 e. The molecule has 0 spiro atoms. The standard InChI is InChI=1S/C26H24ClN3O2S/c1-15-4-11-19(12-5-15)30-25(33)29-23-20-14-16(2)6-13-21(20)32-26(30,3)22(23)24(31)28-18-9-7-17(27)8-10-18/h4-14,22-23H,1-3H3,(H,28,31)(H,29,33)/t22-,23-,26+/m0/s1. The number of thiocarbonyl (C=S) groups is 1. The minimum atomic E-state index is -1.04. The Morgan fingerprint density at radius 3 is 2.42 bits per heavy atom. The van der Waals surface area contributed by atoms with Gasteiger partial charge in [-0.05, 0) is 75.5 Å². The SMILES string of the molecule is Cc1ccc(N2C(=S)N[C@H]3c4cc(C)ccc4O[C@]2(C)[C@@H]3C(=O)Nc2ccc(Cl)cc2)cc1. The van der Waals surface area contributed by atoms with Crippen LogP contribution < -0.4 is 20.3 Å². The molecule has 2 heterocycles. The first kappa shape index (κ1) is 21.7. The molecule has 2 N–H and O–H groups in total. The average Bonchev–Trinajstić information content (AvgIpc) is 2.77. The quantitative estimate of drug-likeness (QED) is 0.470. The number of anilines is 2. The number of aryl methyl sites for hydroxylation is 2. The zero-order valence-electron chi connectivity index (χ0n) is 18.6. The molecule has 1 saturated heterocycles. The highest BCUT2D eigenvalue weighted by Gasteiger charge is 2.59. The summed E-state index contributed by atoms with van der Waals surface area (Å²) < 4.78 is 6.62. The van der Waals surface area contributed by atoms with Crippen LogP contribution >= 0.6 is 23.8 Å². The molecule has 5 nitrogen and oxygen atoms in total. The van der Waals surface area contributed by atoms with Gasteiger partial charge in [-0.2, -0.15) is 0 Å². The molecule has 3 aromatic rings.